The van der Waals surface area contributed by atoms with Crippen LogP contribution in [0, 0.1) is 18.3 Å². The summed E-state index contributed by atoms with van der Waals surface area (Å²) in [5, 5.41) is 0. The van der Waals surface area contributed by atoms with Gasteiger partial charge in [0.25, 0.3) is 0 Å². The molecule has 1 aliphatic carbocycles. The zero-order valence-corrected chi connectivity index (χ0v) is 19.2. The van der Waals surface area contributed by atoms with Crippen LogP contribution >= 0.6 is 0 Å². The molecule has 166 valence electrons. The highest BCUT2D eigenvalue weighted by Crippen LogP contribution is 2.75. The van der Waals surface area contributed by atoms with Crippen molar-refractivity contribution < 1.29 is 14.2 Å². The average molecular weight is 429 g/mol. The molecule has 1 saturated heterocycles. The number of ether oxygens (including phenoxy) is 3. The fourth-order valence-electron chi connectivity index (χ4n) is 5.60. The summed E-state index contributed by atoms with van der Waals surface area (Å²) in [6, 6.07) is 27.8. The quantitative estimate of drug-likeness (QED) is 0.424. The number of hydrogen-bond donors (Lipinski definition) is 0. The third-order valence-electron chi connectivity index (χ3n) is 7.62. The average Bonchev–Trinajstić information content (AvgIpc) is 3.50. The lowest BCUT2D eigenvalue weighted by atomic mass is 9.74. The van der Waals surface area contributed by atoms with Crippen LogP contribution in [0.5, 0.6) is 5.75 Å². The Balaban J connectivity index is 1.47. The van der Waals surface area contributed by atoms with Gasteiger partial charge in [-0.15, -0.1) is 0 Å². The molecule has 0 amide bonds. The normalized spacial score (nSPS) is 27.0. The first kappa shape index (κ1) is 21.2. The monoisotopic (exact) mass is 428 g/mol. The van der Waals surface area contributed by atoms with E-state index in [9.17, 15) is 0 Å². The lowest BCUT2D eigenvalue weighted by molar-refractivity contribution is -0.108. The molecule has 0 aromatic heterocycles. The first-order valence-electron chi connectivity index (χ1n) is 11.6. The van der Waals surface area contributed by atoms with Gasteiger partial charge in [0.05, 0.1) is 32.0 Å². The van der Waals surface area contributed by atoms with Crippen molar-refractivity contribution in [2.24, 2.45) is 11.3 Å². The molecular weight excluding hydrogens is 396 g/mol. The highest BCUT2D eigenvalue weighted by atomic mass is 16.5. The third-order valence-corrected chi connectivity index (χ3v) is 7.62. The molecule has 4 atom stereocenters. The fourth-order valence-corrected chi connectivity index (χ4v) is 5.60. The molecule has 1 saturated carbocycles. The summed E-state index contributed by atoms with van der Waals surface area (Å²) < 4.78 is 18.7. The van der Waals surface area contributed by atoms with Crippen molar-refractivity contribution in [2.75, 3.05) is 20.3 Å². The highest BCUT2D eigenvalue weighted by Gasteiger charge is 2.74. The Morgan fingerprint density at radius 3 is 2.34 bits per heavy atom. The number of fused-ring (bicyclic) bond motifs is 1. The van der Waals surface area contributed by atoms with Gasteiger partial charge in [-0.3, -0.25) is 0 Å². The molecule has 3 aromatic rings. The van der Waals surface area contributed by atoms with Gasteiger partial charge in [0, 0.05) is 5.41 Å². The van der Waals surface area contributed by atoms with Crippen LogP contribution in [0.4, 0.5) is 0 Å². The van der Waals surface area contributed by atoms with Crippen LogP contribution in [-0.4, -0.2) is 20.3 Å². The molecule has 1 heterocycles. The summed E-state index contributed by atoms with van der Waals surface area (Å²) in [5.41, 5.74) is 4.56. The van der Waals surface area contributed by atoms with E-state index in [4.69, 9.17) is 14.2 Å². The summed E-state index contributed by atoms with van der Waals surface area (Å²) >= 11 is 0. The molecule has 0 N–H and O–H groups in total. The smallest absolute Gasteiger partial charge is 0.118 e. The number of methoxy groups -OCH3 is 1. The Kier molecular flexibility index (Phi) is 5.56. The van der Waals surface area contributed by atoms with E-state index in [2.05, 4.69) is 80.6 Å². The van der Waals surface area contributed by atoms with Gasteiger partial charge >= 0.3 is 0 Å². The minimum atomic E-state index is -0.397. The van der Waals surface area contributed by atoms with Crippen molar-refractivity contribution in [3.05, 3.63) is 101 Å². The molecule has 0 spiro atoms. The van der Waals surface area contributed by atoms with E-state index in [-0.39, 0.29) is 11.5 Å². The minimum absolute atomic E-state index is 0.00795. The van der Waals surface area contributed by atoms with Crippen LogP contribution in [0.2, 0.25) is 0 Å². The van der Waals surface area contributed by atoms with Gasteiger partial charge in [-0.25, -0.2) is 0 Å². The SMILES string of the molecule is COc1ccc([C@@]2(C)OC[C@H]3C[C@]32[C@H](OCCc2ccccc2)c2ccc(C)cc2)cc1. The molecule has 2 aliphatic rings. The van der Waals surface area contributed by atoms with Gasteiger partial charge in [-0.05, 0) is 61.4 Å². The van der Waals surface area contributed by atoms with Crippen molar-refractivity contribution in [1.29, 1.82) is 0 Å². The van der Waals surface area contributed by atoms with Gasteiger partial charge < -0.3 is 14.2 Å². The van der Waals surface area contributed by atoms with E-state index in [1.165, 1.54) is 22.3 Å². The van der Waals surface area contributed by atoms with Crippen LogP contribution in [0.1, 0.15) is 41.7 Å². The first-order valence-corrected chi connectivity index (χ1v) is 11.6. The number of benzene rings is 3. The molecule has 1 aliphatic heterocycles. The number of hydrogen-bond acceptors (Lipinski definition) is 3. The van der Waals surface area contributed by atoms with Gasteiger partial charge in [0.15, 0.2) is 0 Å². The van der Waals surface area contributed by atoms with Crippen LogP contribution in [0.3, 0.4) is 0 Å². The van der Waals surface area contributed by atoms with Gasteiger partial charge in [0.2, 0.25) is 0 Å². The standard InChI is InChI=1S/C29H32O3/c1-21-9-11-23(12-10-21)27(31-18-17-22-7-5-4-6-8-22)29-19-25(29)20-32-28(29,2)24-13-15-26(30-3)16-14-24/h4-16,25,27H,17-20H2,1-3H3/t25-,27-,28-,29-/m1/s1. The summed E-state index contributed by atoms with van der Waals surface area (Å²) in [6.45, 7) is 5.86. The van der Waals surface area contributed by atoms with Crippen LogP contribution < -0.4 is 4.74 Å². The van der Waals surface area contributed by atoms with Crippen molar-refractivity contribution >= 4 is 0 Å². The zero-order chi connectivity index (χ0) is 22.2. The maximum atomic E-state index is 6.76. The van der Waals surface area contributed by atoms with Gasteiger partial charge in [-0.1, -0.05) is 72.3 Å². The van der Waals surface area contributed by atoms with E-state index in [1.807, 2.05) is 12.1 Å². The largest absolute Gasteiger partial charge is 0.497 e. The maximum Gasteiger partial charge on any atom is 0.118 e. The maximum absolute atomic E-state index is 6.76. The molecule has 3 heteroatoms. The molecule has 0 unspecified atom stereocenters. The predicted octanol–water partition coefficient (Wildman–Crippen LogP) is 6.26. The molecule has 3 nitrogen and oxygen atoms in total. The molecular formula is C29H32O3. The van der Waals surface area contributed by atoms with Crippen LogP contribution in [0.15, 0.2) is 78.9 Å². The first-order chi connectivity index (χ1) is 15.6. The Labute approximate surface area is 191 Å². The second-order valence-electron chi connectivity index (χ2n) is 9.41. The molecule has 5 rings (SSSR count). The Morgan fingerprint density at radius 2 is 1.69 bits per heavy atom. The van der Waals surface area contributed by atoms with Crippen molar-refractivity contribution in [3.8, 4) is 5.75 Å². The zero-order valence-electron chi connectivity index (χ0n) is 19.2. The molecule has 0 radical (unpaired) electrons. The van der Waals surface area contributed by atoms with Crippen molar-refractivity contribution in [1.82, 2.24) is 0 Å². The second kappa shape index (κ2) is 8.38. The van der Waals surface area contributed by atoms with Crippen LogP contribution in [0.25, 0.3) is 0 Å². The van der Waals surface area contributed by atoms with E-state index < -0.39 is 5.60 Å². The van der Waals surface area contributed by atoms with Crippen molar-refractivity contribution in [3.63, 3.8) is 0 Å². The second-order valence-corrected chi connectivity index (χ2v) is 9.41. The molecule has 3 aromatic carbocycles. The lowest BCUT2D eigenvalue weighted by Gasteiger charge is -2.40. The van der Waals surface area contributed by atoms with E-state index in [0.717, 1.165) is 25.2 Å². The third kappa shape index (κ3) is 3.54. The van der Waals surface area contributed by atoms with Gasteiger partial charge in [-0.2, -0.15) is 0 Å². The lowest BCUT2D eigenvalue weighted by Crippen LogP contribution is -2.38. The summed E-state index contributed by atoms with van der Waals surface area (Å²) in [7, 11) is 1.70. The number of aryl methyl sites for hydroxylation is 1. The Bertz CT molecular complexity index is 1040. The Morgan fingerprint density at radius 1 is 0.969 bits per heavy atom. The molecule has 0 bridgehead atoms. The molecule has 32 heavy (non-hydrogen) atoms. The summed E-state index contributed by atoms with van der Waals surface area (Å²) in [5.74, 6) is 1.38. The molecule has 2 fully saturated rings. The van der Waals surface area contributed by atoms with Crippen molar-refractivity contribution in [2.45, 2.75) is 38.4 Å². The Hall–Kier alpha value is -2.62. The topological polar surface area (TPSA) is 27.7 Å². The summed E-state index contributed by atoms with van der Waals surface area (Å²) in [4.78, 5) is 0. The highest BCUT2D eigenvalue weighted by molar-refractivity contribution is 5.39. The number of rotatable bonds is 8. The van der Waals surface area contributed by atoms with E-state index >= 15 is 0 Å². The van der Waals surface area contributed by atoms with E-state index in [0.29, 0.717) is 12.5 Å². The fraction of sp³-hybridized carbons (Fsp3) is 0.379. The van der Waals surface area contributed by atoms with E-state index in [1.54, 1.807) is 7.11 Å². The minimum Gasteiger partial charge on any atom is -0.497 e. The predicted molar refractivity (Wildman–Crippen MR) is 127 cm³/mol. The van der Waals surface area contributed by atoms with Gasteiger partial charge in [0.1, 0.15) is 5.75 Å². The van der Waals surface area contributed by atoms with Crippen LogP contribution in [-0.2, 0) is 21.5 Å². The summed E-state index contributed by atoms with van der Waals surface area (Å²) in [6.07, 6.45) is 2.02.